The average Bonchev–Trinajstić information content (AvgIpc) is 2.74. The van der Waals surface area contributed by atoms with Crippen molar-refractivity contribution < 1.29 is 4.39 Å². The molecule has 2 rings (SSSR count). The Morgan fingerprint density at radius 3 is 3.06 bits per heavy atom. The molecular weight excluding hydrogens is 285 g/mol. The lowest BCUT2D eigenvalue weighted by Crippen LogP contribution is -2.06. The summed E-state index contributed by atoms with van der Waals surface area (Å²) in [5, 5.41) is 3.04. The third-order valence-corrected chi connectivity index (χ3v) is 2.71. The summed E-state index contributed by atoms with van der Waals surface area (Å²) in [5.74, 6) is 0.283. The quantitative estimate of drug-likeness (QED) is 0.877. The Bertz CT molecular complexity index is 536. The molecule has 2 aromatic rings. The maximum absolute atomic E-state index is 13.8. The highest BCUT2D eigenvalue weighted by Gasteiger charge is 2.08. The van der Waals surface area contributed by atoms with E-state index in [2.05, 4.69) is 32.8 Å². The molecule has 88 valence electrons. The van der Waals surface area contributed by atoms with Crippen molar-refractivity contribution in [1.29, 1.82) is 0 Å². The third-order valence-electron chi connectivity index (χ3n) is 2.21. The maximum Gasteiger partial charge on any atom is 0.207 e. The van der Waals surface area contributed by atoms with Gasteiger partial charge in [-0.05, 0) is 18.2 Å². The van der Waals surface area contributed by atoms with Crippen LogP contribution in [0, 0.1) is 5.82 Å². The SMILES string of the molecule is C=CCNc1nccn1-c1ccc(Br)cc1F. The molecule has 1 N–H and O–H groups in total. The summed E-state index contributed by atoms with van der Waals surface area (Å²) in [6, 6.07) is 4.91. The Morgan fingerprint density at radius 1 is 1.53 bits per heavy atom. The first-order valence-corrected chi connectivity index (χ1v) is 5.85. The largest absolute Gasteiger partial charge is 0.352 e. The van der Waals surface area contributed by atoms with Gasteiger partial charge in [-0.25, -0.2) is 9.37 Å². The van der Waals surface area contributed by atoms with Gasteiger partial charge in [-0.3, -0.25) is 4.57 Å². The molecule has 0 aliphatic carbocycles. The van der Waals surface area contributed by atoms with Crippen LogP contribution >= 0.6 is 15.9 Å². The Labute approximate surface area is 107 Å². The molecule has 0 spiro atoms. The number of imidazole rings is 1. The zero-order valence-corrected chi connectivity index (χ0v) is 10.6. The molecule has 5 heteroatoms. The Hall–Kier alpha value is -1.62. The van der Waals surface area contributed by atoms with Crippen molar-refractivity contribution in [2.45, 2.75) is 0 Å². The van der Waals surface area contributed by atoms with Crippen LogP contribution in [0.1, 0.15) is 0 Å². The summed E-state index contributed by atoms with van der Waals surface area (Å²) in [4.78, 5) is 4.12. The standard InChI is InChI=1S/C12H11BrFN3/c1-2-5-15-12-16-6-7-17(12)11-4-3-9(13)8-10(11)14/h2-4,6-8H,1,5H2,(H,15,16). The van der Waals surface area contributed by atoms with Gasteiger partial charge in [0.1, 0.15) is 5.82 Å². The Kier molecular flexibility index (Phi) is 3.58. The van der Waals surface area contributed by atoms with Crippen molar-refractivity contribution >= 4 is 21.9 Å². The highest BCUT2D eigenvalue weighted by atomic mass is 79.9. The van der Waals surface area contributed by atoms with Gasteiger partial charge in [0.2, 0.25) is 5.95 Å². The first-order chi connectivity index (χ1) is 8.22. The van der Waals surface area contributed by atoms with Crippen LogP contribution in [0.3, 0.4) is 0 Å². The molecule has 1 aromatic heterocycles. The van der Waals surface area contributed by atoms with E-state index in [1.165, 1.54) is 6.07 Å². The van der Waals surface area contributed by atoms with Crippen molar-refractivity contribution in [3.8, 4) is 5.69 Å². The van der Waals surface area contributed by atoms with Crippen LogP contribution < -0.4 is 5.32 Å². The van der Waals surface area contributed by atoms with Crippen molar-refractivity contribution in [3.63, 3.8) is 0 Å². The monoisotopic (exact) mass is 295 g/mol. The van der Waals surface area contributed by atoms with E-state index >= 15 is 0 Å². The van der Waals surface area contributed by atoms with Crippen LogP contribution in [0.2, 0.25) is 0 Å². The van der Waals surface area contributed by atoms with E-state index in [-0.39, 0.29) is 5.82 Å². The maximum atomic E-state index is 13.8. The van der Waals surface area contributed by atoms with E-state index in [9.17, 15) is 4.39 Å². The van der Waals surface area contributed by atoms with Crippen molar-refractivity contribution in [2.24, 2.45) is 0 Å². The highest BCUT2D eigenvalue weighted by Crippen LogP contribution is 2.21. The smallest absolute Gasteiger partial charge is 0.207 e. The zero-order chi connectivity index (χ0) is 12.3. The number of rotatable bonds is 4. The molecule has 17 heavy (non-hydrogen) atoms. The molecule has 1 aromatic carbocycles. The number of aromatic nitrogens is 2. The molecule has 0 atom stereocenters. The number of halogens is 2. The first-order valence-electron chi connectivity index (χ1n) is 5.06. The van der Waals surface area contributed by atoms with Crippen LogP contribution in [0.25, 0.3) is 5.69 Å². The molecule has 0 aliphatic heterocycles. The second-order valence-electron chi connectivity index (χ2n) is 3.39. The molecular formula is C12H11BrFN3. The zero-order valence-electron chi connectivity index (χ0n) is 9.03. The number of anilines is 1. The fourth-order valence-corrected chi connectivity index (χ4v) is 1.80. The fraction of sp³-hybridized carbons (Fsp3) is 0.0833. The van der Waals surface area contributed by atoms with Gasteiger partial charge in [0, 0.05) is 23.4 Å². The van der Waals surface area contributed by atoms with Gasteiger partial charge >= 0.3 is 0 Å². The number of hydrogen-bond acceptors (Lipinski definition) is 2. The predicted molar refractivity (Wildman–Crippen MR) is 69.9 cm³/mol. The first kappa shape index (κ1) is 11.9. The second kappa shape index (κ2) is 5.14. The summed E-state index contributed by atoms with van der Waals surface area (Å²) >= 11 is 3.23. The van der Waals surface area contributed by atoms with Gasteiger partial charge in [0.25, 0.3) is 0 Å². The molecule has 0 saturated heterocycles. The van der Waals surface area contributed by atoms with Gasteiger partial charge < -0.3 is 5.32 Å². The van der Waals surface area contributed by atoms with Gasteiger partial charge in [0.15, 0.2) is 0 Å². The van der Waals surface area contributed by atoms with Crippen LogP contribution in [0.15, 0.2) is 47.7 Å². The molecule has 0 saturated carbocycles. The number of benzene rings is 1. The van der Waals surface area contributed by atoms with Crippen LogP contribution in [-0.2, 0) is 0 Å². The van der Waals surface area contributed by atoms with E-state index in [1.54, 1.807) is 35.2 Å². The molecule has 0 radical (unpaired) electrons. The van der Waals surface area contributed by atoms with E-state index < -0.39 is 0 Å². The van der Waals surface area contributed by atoms with E-state index in [1.807, 2.05) is 0 Å². The summed E-state index contributed by atoms with van der Waals surface area (Å²) in [5.41, 5.74) is 0.456. The minimum absolute atomic E-state index is 0.306. The lowest BCUT2D eigenvalue weighted by Gasteiger charge is -2.09. The van der Waals surface area contributed by atoms with Crippen LogP contribution in [0.4, 0.5) is 10.3 Å². The third kappa shape index (κ3) is 2.55. The van der Waals surface area contributed by atoms with Gasteiger partial charge in [-0.2, -0.15) is 0 Å². The van der Waals surface area contributed by atoms with E-state index in [0.717, 1.165) is 0 Å². The fourth-order valence-electron chi connectivity index (χ4n) is 1.47. The van der Waals surface area contributed by atoms with Crippen LogP contribution in [0.5, 0.6) is 0 Å². The van der Waals surface area contributed by atoms with Crippen molar-refractivity contribution in [2.75, 3.05) is 11.9 Å². The van der Waals surface area contributed by atoms with Gasteiger partial charge in [0.05, 0.1) is 5.69 Å². The van der Waals surface area contributed by atoms with E-state index in [4.69, 9.17) is 0 Å². The normalized spacial score (nSPS) is 10.2. The Morgan fingerprint density at radius 2 is 2.35 bits per heavy atom. The average molecular weight is 296 g/mol. The Balaban J connectivity index is 2.38. The summed E-state index contributed by atoms with van der Waals surface area (Å²) < 4.78 is 16.2. The van der Waals surface area contributed by atoms with Crippen molar-refractivity contribution in [1.82, 2.24) is 9.55 Å². The second-order valence-corrected chi connectivity index (χ2v) is 4.30. The van der Waals surface area contributed by atoms with Gasteiger partial charge in [-0.15, -0.1) is 6.58 Å². The molecule has 1 heterocycles. The number of nitrogens with zero attached hydrogens (tertiary/aromatic N) is 2. The lowest BCUT2D eigenvalue weighted by molar-refractivity contribution is 0.617. The number of hydrogen-bond donors (Lipinski definition) is 1. The summed E-state index contributed by atoms with van der Waals surface area (Å²) in [6.07, 6.45) is 5.04. The predicted octanol–water partition coefficient (Wildman–Crippen LogP) is 3.37. The molecule has 3 nitrogen and oxygen atoms in total. The minimum Gasteiger partial charge on any atom is -0.352 e. The number of nitrogens with one attached hydrogen (secondary N) is 1. The summed E-state index contributed by atoms with van der Waals surface area (Å²) in [6.45, 7) is 4.19. The summed E-state index contributed by atoms with van der Waals surface area (Å²) in [7, 11) is 0. The van der Waals surface area contributed by atoms with Gasteiger partial charge in [-0.1, -0.05) is 22.0 Å². The topological polar surface area (TPSA) is 29.9 Å². The van der Waals surface area contributed by atoms with E-state index in [0.29, 0.717) is 22.7 Å². The van der Waals surface area contributed by atoms with Crippen LogP contribution in [-0.4, -0.2) is 16.1 Å². The molecule has 0 aliphatic rings. The van der Waals surface area contributed by atoms with Crippen molar-refractivity contribution in [3.05, 3.63) is 53.5 Å². The highest BCUT2D eigenvalue weighted by molar-refractivity contribution is 9.10. The molecule has 0 unspecified atom stereocenters. The molecule has 0 bridgehead atoms. The lowest BCUT2D eigenvalue weighted by atomic mass is 10.3. The molecule has 0 fully saturated rings. The molecule has 0 amide bonds. The minimum atomic E-state index is -0.306.